The molecule has 0 aliphatic carbocycles. The van der Waals surface area contributed by atoms with Gasteiger partial charge in [-0.1, -0.05) is 26.8 Å². The van der Waals surface area contributed by atoms with Crippen molar-refractivity contribution in [3.8, 4) is 5.75 Å². The van der Waals surface area contributed by atoms with Gasteiger partial charge in [0.15, 0.2) is 8.32 Å². The molecule has 0 unspecified atom stereocenters. The number of benzene rings is 1. The lowest BCUT2D eigenvalue weighted by molar-refractivity contribution is 0.290. The number of hydrogen-bond acceptors (Lipinski definition) is 2. The molecule has 0 spiro atoms. The molecule has 1 N–H and O–H groups in total. The summed E-state index contributed by atoms with van der Waals surface area (Å²) in [6, 6.07) is 4.26. The van der Waals surface area contributed by atoms with E-state index >= 15 is 0 Å². The summed E-state index contributed by atoms with van der Waals surface area (Å²) in [4.78, 5) is 0. The highest BCUT2D eigenvalue weighted by atomic mass is 28.4. The quantitative estimate of drug-likeness (QED) is 0.835. The molecule has 0 saturated carbocycles. The summed E-state index contributed by atoms with van der Waals surface area (Å²) in [6.45, 7) is 11.4. The molecule has 0 atom stereocenters. The maximum atomic E-state index is 13.5. The number of aromatic hydroxyl groups is 1. The van der Waals surface area contributed by atoms with Crippen molar-refractivity contribution in [3.05, 3.63) is 29.6 Å². The van der Waals surface area contributed by atoms with Crippen LogP contribution in [0.25, 0.3) is 0 Å². The van der Waals surface area contributed by atoms with Gasteiger partial charge in [-0.2, -0.15) is 0 Å². The van der Waals surface area contributed by atoms with E-state index in [2.05, 4.69) is 33.9 Å². The third-order valence-electron chi connectivity index (χ3n) is 3.68. The first kappa shape index (κ1) is 15.2. The van der Waals surface area contributed by atoms with Gasteiger partial charge in [0, 0.05) is 12.7 Å². The van der Waals surface area contributed by atoms with Crippen molar-refractivity contribution < 1.29 is 13.9 Å². The Morgan fingerprint density at radius 3 is 2.39 bits per heavy atom. The van der Waals surface area contributed by atoms with E-state index in [0.717, 1.165) is 6.07 Å². The summed E-state index contributed by atoms with van der Waals surface area (Å²) in [5.41, 5.74) is 0.589. The molecule has 0 aliphatic heterocycles. The summed E-state index contributed by atoms with van der Waals surface area (Å²) in [5, 5.41) is 9.30. The molecule has 0 aromatic heterocycles. The molecule has 0 saturated heterocycles. The zero-order chi connectivity index (χ0) is 14.0. The summed E-state index contributed by atoms with van der Waals surface area (Å²) < 4.78 is 19.5. The largest absolute Gasteiger partial charge is 0.508 e. The van der Waals surface area contributed by atoms with E-state index in [1.807, 2.05) is 0 Å². The molecule has 18 heavy (non-hydrogen) atoms. The molecule has 2 nitrogen and oxygen atoms in total. The van der Waals surface area contributed by atoms with E-state index in [1.54, 1.807) is 6.07 Å². The zero-order valence-corrected chi connectivity index (χ0v) is 12.9. The van der Waals surface area contributed by atoms with Crippen LogP contribution in [0.5, 0.6) is 5.75 Å². The van der Waals surface area contributed by atoms with Crippen LogP contribution in [0.3, 0.4) is 0 Å². The Morgan fingerprint density at radius 2 is 1.89 bits per heavy atom. The Hall–Kier alpha value is -0.873. The second kappa shape index (κ2) is 5.41. The van der Waals surface area contributed by atoms with Crippen molar-refractivity contribution >= 4 is 8.32 Å². The SMILES string of the molecule is CC(C)(C)[Si](C)(C)OCCc1ccc(O)cc1F. The van der Waals surface area contributed by atoms with Gasteiger partial charge in [0.1, 0.15) is 11.6 Å². The van der Waals surface area contributed by atoms with Crippen molar-refractivity contribution in [2.45, 2.75) is 45.3 Å². The van der Waals surface area contributed by atoms with Gasteiger partial charge >= 0.3 is 0 Å². The molecule has 102 valence electrons. The van der Waals surface area contributed by atoms with Gasteiger partial charge in [-0.3, -0.25) is 0 Å². The maximum absolute atomic E-state index is 13.5. The zero-order valence-electron chi connectivity index (χ0n) is 11.9. The summed E-state index contributed by atoms with van der Waals surface area (Å²) in [7, 11) is -1.76. The van der Waals surface area contributed by atoms with E-state index < -0.39 is 8.32 Å². The highest BCUT2D eigenvalue weighted by Crippen LogP contribution is 2.36. The molecule has 0 aliphatic rings. The van der Waals surface area contributed by atoms with Crippen LogP contribution in [0.15, 0.2) is 18.2 Å². The number of phenols is 1. The summed E-state index contributed by atoms with van der Waals surface area (Å²) in [5.74, 6) is -0.407. The maximum Gasteiger partial charge on any atom is 0.191 e. The van der Waals surface area contributed by atoms with Crippen molar-refractivity contribution in [2.75, 3.05) is 6.61 Å². The Morgan fingerprint density at radius 1 is 1.28 bits per heavy atom. The van der Waals surface area contributed by atoms with Crippen LogP contribution in [-0.2, 0) is 10.8 Å². The predicted molar refractivity (Wildman–Crippen MR) is 74.9 cm³/mol. The monoisotopic (exact) mass is 270 g/mol. The van der Waals surface area contributed by atoms with Gasteiger partial charge in [0.2, 0.25) is 0 Å². The third kappa shape index (κ3) is 3.82. The molecular formula is C14H23FO2Si. The van der Waals surface area contributed by atoms with Gasteiger partial charge in [0.05, 0.1) is 0 Å². The molecule has 0 radical (unpaired) electrons. The lowest BCUT2D eigenvalue weighted by atomic mass is 10.1. The molecule has 0 fully saturated rings. The molecule has 1 aromatic rings. The second-order valence-corrected chi connectivity index (χ2v) is 10.9. The van der Waals surface area contributed by atoms with Gasteiger partial charge < -0.3 is 9.53 Å². The fraction of sp³-hybridized carbons (Fsp3) is 0.571. The van der Waals surface area contributed by atoms with Crippen molar-refractivity contribution in [3.63, 3.8) is 0 Å². The van der Waals surface area contributed by atoms with Gasteiger partial charge in [0.25, 0.3) is 0 Å². The molecule has 0 heterocycles. The molecule has 0 amide bonds. The van der Waals surface area contributed by atoms with Gasteiger partial charge in [-0.25, -0.2) is 4.39 Å². The van der Waals surface area contributed by atoms with Crippen molar-refractivity contribution in [1.82, 2.24) is 0 Å². The normalized spacial score (nSPS) is 12.8. The Bertz CT molecular complexity index is 411. The number of hydrogen-bond donors (Lipinski definition) is 1. The van der Waals surface area contributed by atoms with Crippen LogP contribution in [0.1, 0.15) is 26.3 Å². The van der Waals surface area contributed by atoms with E-state index in [1.165, 1.54) is 6.07 Å². The first-order valence-electron chi connectivity index (χ1n) is 6.25. The van der Waals surface area contributed by atoms with E-state index in [-0.39, 0.29) is 16.6 Å². The third-order valence-corrected chi connectivity index (χ3v) is 8.22. The van der Waals surface area contributed by atoms with Gasteiger partial charge in [-0.05, 0) is 36.2 Å². The average Bonchev–Trinajstić information content (AvgIpc) is 2.19. The second-order valence-electron chi connectivity index (χ2n) is 6.13. The Kier molecular flexibility index (Phi) is 4.56. The lowest BCUT2D eigenvalue weighted by Gasteiger charge is -2.36. The summed E-state index contributed by atoms with van der Waals surface area (Å²) >= 11 is 0. The van der Waals surface area contributed by atoms with Crippen LogP contribution in [0.4, 0.5) is 4.39 Å². The molecule has 0 bridgehead atoms. The topological polar surface area (TPSA) is 29.5 Å². The number of phenolic OH excluding ortho intramolecular Hbond substituents is 1. The smallest absolute Gasteiger partial charge is 0.191 e. The average molecular weight is 270 g/mol. The van der Waals surface area contributed by atoms with Crippen molar-refractivity contribution in [2.24, 2.45) is 0 Å². The Labute approximate surface area is 110 Å². The summed E-state index contributed by atoms with van der Waals surface area (Å²) in [6.07, 6.45) is 0.540. The highest BCUT2D eigenvalue weighted by Gasteiger charge is 2.36. The van der Waals surface area contributed by atoms with E-state index in [4.69, 9.17) is 9.53 Å². The standard InChI is InChI=1S/C14H23FO2Si/c1-14(2,3)18(4,5)17-9-8-11-6-7-12(16)10-13(11)15/h6-7,10,16H,8-9H2,1-5H3. The minimum absolute atomic E-state index is 0.0402. The van der Waals surface area contributed by atoms with Crippen LogP contribution in [0.2, 0.25) is 18.1 Å². The predicted octanol–water partition coefficient (Wildman–Crippen LogP) is 4.10. The number of rotatable bonds is 4. The first-order chi connectivity index (χ1) is 8.13. The van der Waals surface area contributed by atoms with Crippen LogP contribution in [-0.4, -0.2) is 20.0 Å². The fourth-order valence-electron chi connectivity index (χ4n) is 1.37. The van der Waals surface area contributed by atoms with E-state index in [9.17, 15) is 4.39 Å². The minimum atomic E-state index is -1.76. The lowest BCUT2D eigenvalue weighted by Crippen LogP contribution is -2.41. The highest BCUT2D eigenvalue weighted by molar-refractivity contribution is 6.74. The van der Waals surface area contributed by atoms with Gasteiger partial charge in [-0.15, -0.1) is 0 Å². The van der Waals surface area contributed by atoms with Crippen molar-refractivity contribution in [1.29, 1.82) is 0 Å². The van der Waals surface area contributed by atoms with E-state index in [0.29, 0.717) is 18.6 Å². The van der Waals surface area contributed by atoms with Crippen LogP contribution in [0, 0.1) is 5.82 Å². The molecular weight excluding hydrogens is 247 g/mol. The molecule has 1 rings (SSSR count). The first-order valence-corrected chi connectivity index (χ1v) is 9.16. The van der Waals surface area contributed by atoms with Crippen LogP contribution >= 0.6 is 0 Å². The molecule has 4 heteroatoms. The number of halogens is 1. The minimum Gasteiger partial charge on any atom is -0.508 e. The van der Waals surface area contributed by atoms with Crippen LogP contribution < -0.4 is 0 Å². The fourth-order valence-corrected chi connectivity index (χ4v) is 2.42. The molecule has 1 aromatic carbocycles. The Balaban J connectivity index is 2.57.